The number of thioether (sulfide) groups is 1. The van der Waals surface area contributed by atoms with E-state index >= 15 is 0 Å². The van der Waals surface area contributed by atoms with Crippen LogP contribution in [-0.2, 0) is 9.59 Å². The molecule has 1 atom stereocenters. The average Bonchev–Trinajstić information content (AvgIpc) is 2.53. The molecule has 0 saturated heterocycles. The number of rotatable bonds is 6. The van der Waals surface area contributed by atoms with Crippen molar-refractivity contribution in [1.82, 2.24) is 5.32 Å². The molecule has 1 N–H and O–H groups in total. The molecule has 2 rings (SSSR count). The molecule has 0 aliphatic heterocycles. The summed E-state index contributed by atoms with van der Waals surface area (Å²) in [5.41, 5.74) is 0.687. The molecule has 2 aromatic carbocycles. The van der Waals surface area contributed by atoms with Gasteiger partial charge in [0.05, 0.1) is 15.8 Å². The van der Waals surface area contributed by atoms with Gasteiger partial charge in [-0.2, -0.15) is 0 Å². The lowest BCUT2D eigenvalue weighted by Crippen LogP contribution is -2.30. The molecule has 2 aromatic rings. The first-order chi connectivity index (χ1) is 10.6. The molecule has 1 radical (unpaired) electrons. The van der Waals surface area contributed by atoms with Crippen LogP contribution in [0.2, 0.25) is 10.0 Å². The summed E-state index contributed by atoms with van der Waals surface area (Å²) in [6.07, 6.45) is 1.83. The van der Waals surface area contributed by atoms with Crippen molar-refractivity contribution in [1.29, 1.82) is 0 Å². The van der Waals surface area contributed by atoms with Gasteiger partial charge in [-0.1, -0.05) is 59.6 Å². The molecule has 0 spiro atoms. The van der Waals surface area contributed by atoms with Crippen molar-refractivity contribution in [2.45, 2.75) is 10.9 Å². The second-order valence-electron chi connectivity index (χ2n) is 4.37. The van der Waals surface area contributed by atoms with E-state index in [4.69, 9.17) is 23.2 Å². The van der Waals surface area contributed by atoms with Gasteiger partial charge in [0.1, 0.15) is 6.04 Å². The third-order valence-electron chi connectivity index (χ3n) is 2.82. The Morgan fingerprint density at radius 1 is 1.09 bits per heavy atom. The molecule has 0 fully saturated rings. The van der Waals surface area contributed by atoms with E-state index in [1.807, 2.05) is 12.4 Å². The smallest absolute Gasteiger partial charge is 0.231 e. The molecule has 0 bridgehead atoms. The predicted molar refractivity (Wildman–Crippen MR) is 90.2 cm³/mol. The van der Waals surface area contributed by atoms with Crippen molar-refractivity contribution in [3.63, 3.8) is 0 Å². The van der Waals surface area contributed by atoms with Crippen molar-refractivity contribution in [2.75, 3.05) is 5.75 Å². The summed E-state index contributed by atoms with van der Waals surface area (Å²) in [5, 5.41) is 3.61. The first kappa shape index (κ1) is 16.9. The van der Waals surface area contributed by atoms with Crippen molar-refractivity contribution < 1.29 is 9.59 Å². The molecule has 1 amide bonds. The van der Waals surface area contributed by atoms with Crippen molar-refractivity contribution >= 4 is 47.2 Å². The van der Waals surface area contributed by atoms with E-state index in [0.717, 1.165) is 0 Å². The van der Waals surface area contributed by atoms with E-state index < -0.39 is 6.04 Å². The fraction of sp³-hybridized carbons (Fsp3) is 0.125. The number of hydrogen-bond acceptors (Lipinski definition) is 3. The number of benzene rings is 2. The van der Waals surface area contributed by atoms with Crippen LogP contribution in [0, 0.1) is 0 Å². The SMILES string of the molecule is O=[C]C(NC(=O)CSc1c(Cl)cccc1Cl)c1ccccc1. The normalized spacial score (nSPS) is 11.7. The fourth-order valence-corrected chi connectivity index (χ4v) is 3.28. The fourth-order valence-electron chi connectivity index (χ4n) is 1.79. The minimum absolute atomic E-state index is 0.106. The predicted octanol–water partition coefficient (Wildman–Crippen LogP) is 4.05. The van der Waals surface area contributed by atoms with Crippen LogP contribution in [0.1, 0.15) is 11.6 Å². The Morgan fingerprint density at radius 3 is 2.32 bits per heavy atom. The molecular weight excluding hydrogens is 341 g/mol. The topological polar surface area (TPSA) is 46.2 Å². The van der Waals surface area contributed by atoms with Crippen LogP contribution in [0.15, 0.2) is 53.4 Å². The number of hydrogen-bond donors (Lipinski definition) is 1. The highest BCUT2D eigenvalue weighted by Crippen LogP contribution is 2.33. The van der Waals surface area contributed by atoms with E-state index in [-0.39, 0.29) is 11.7 Å². The summed E-state index contributed by atoms with van der Waals surface area (Å²) in [6, 6.07) is 13.3. The Bertz CT molecular complexity index is 644. The quantitative estimate of drug-likeness (QED) is 0.797. The van der Waals surface area contributed by atoms with E-state index in [1.165, 1.54) is 11.8 Å². The summed E-state index contributed by atoms with van der Waals surface area (Å²) in [7, 11) is 0. The summed E-state index contributed by atoms with van der Waals surface area (Å²) in [5.74, 6) is -0.188. The first-order valence-electron chi connectivity index (χ1n) is 6.40. The highest BCUT2D eigenvalue weighted by Gasteiger charge is 2.15. The summed E-state index contributed by atoms with van der Waals surface area (Å²) < 4.78 is 0. The summed E-state index contributed by atoms with van der Waals surface area (Å²) >= 11 is 13.3. The third-order valence-corrected chi connectivity index (χ3v) is 4.81. The number of carbonyl (C=O) groups excluding carboxylic acids is 2. The Labute approximate surface area is 143 Å². The lowest BCUT2D eigenvalue weighted by Gasteiger charge is -2.12. The number of amides is 1. The maximum absolute atomic E-state index is 12.0. The highest BCUT2D eigenvalue weighted by molar-refractivity contribution is 8.00. The van der Waals surface area contributed by atoms with Crippen LogP contribution in [0.3, 0.4) is 0 Å². The molecule has 0 aliphatic rings. The maximum atomic E-state index is 12.0. The van der Waals surface area contributed by atoms with Gasteiger partial charge in [0.15, 0.2) is 0 Å². The van der Waals surface area contributed by atoms with Gasteiger partial charge in [-0.25, -0.2) is 0 Å². The first-order valence-corrected chi connectivity index (χ1v) is 8.14. The third kappa shape index (κ3) is 4.50. The minimum atomic E-state index is -0.781. The Kier molecular flexibility index (Phi) is 6.31. The standard InChI is InChI=1S/C16H12Cl2NO2S/c17-12-7-4-8-13(18)16(12)22-10-15(21)19-14(9-20)11-5-2-1-3-6-11/h1-8,14H,10H2,(H,19,21). The van der Waals surface area contributed by atoms with E-state index in [0.29, 0.717) is 20.5 Å². The van der Waals surface area contributed by atoms with Gasteiger partial charge in [-0.3, -0.25) is 9.59 Å². The Morgan fingerprint density at radius 2 is 1.73 bits per heavy atom. The molecular formula is C16H12Cl2NO2S. The summed E-state index contributed by atoms with van der Waals surface area (Å²) in [4.78, 5) is 23.7. The van der Waals surface area contributed by atoms with Gasteiger partial charge < -0.3 is 5.32 Å². The van der Waals surface area contributed by atoms with Gasteiger partial charge in [0, 0.05) is 4.90 Å². The zero-order chi connectivity index (χ0) is 15.9. The molecule has 22 heavy (non-hydrogen) atoms. The molecule has 1 unspecified atom stereocenters. The van der Waals surface area contributed by atoms with Gasteiger partial charge >= 0.3 is 0 Å². The van der Waals surface area contributed by atoms with Crippen LogP contribution in [0.4, 0.5) is 0 Å². The molecule has 3 nitrogen and oxygen atoms in total. The van der Waals surface area contributed by atoms with Gasteiger partial charge in [0.2, 0.25) is 12.2 Å². The van der Waals surface area contributed by atoms with Crippen LogP contribution in [0.25, 0.3) is 0 Å². The van der Waals surface area contributed by atoms with Crippen LogP contribution >= 0.6 is 35.0 Å². The van der Waals surface area contributed by atoms with Crippen molar-refractivity contribution in [3.8, 4) is 0 Å². The van der Waals surface area contributed by atoms with Gasteiger partial charge in [-0.15, -0.1) is 11.8 Å². The van der Waals surface area contributed by atoms with Crippen LogP contribution in [-0.4, -0.2) is 17.9 Å². The van der Waals surface area contributed by atoms with E-state index in [1.54, 1.807) is 42.5 Å². The number of halogens is 2. The lowest BCUT2D eigenvalue weighted by molar-refractivity contribution is -0.118. The Hall–Kier alpha value is -1.49. The molecule has 0 aliphatic carbocycles. The van der Waals surface area contributed by atoms with Gasteiger partial charge in [-0.05, 0) is 17.7 Å². The number of carbonyl (C=O) groups is 1. The highest BCUT2D eigenvalue weighted by atomic mass is 35.5. The van der Waals surface area contributed by atoms with Crippen LogP contribution < -0.4 is 5.32 Å². The zero-order valence-corrected chi connectivity index (χ0v) is 13.7. The molecule has 6 heteroatoms. The minimum Gasteiger partial charge on any atom is -0.341 e. The number of nitrogens with one attached hydrogen (secondary N) is 1. The van der Waals surface area contributed by atoms with Crippen molar-refractivity contribution in [3.05, 3.63) is 64.1 Å². The second kappa shape index (κ2) is 8.22. The van der Waals surface area contributed by atoms with E-state index in [9.17, 15) is 9.59 Å². The van der Waals surface area contributed by atoms with Gasteiger partial charge in [0.25, 0.3) is 0 Å². The van der Waals surface area contributed by atoms with E-state index in [2.05, 4.69) is 5.32 Å². The average molecular weight is 353 g/mol. The summed E-state index contributed by atoms with van der Waals surface area (Å²) in [6.45, 7) is 0. The lowest BCUT2D eigenvalue weighted by atomic mass is 10.1. The molecule has 0 aromatic heterocycles. The molecule has 0 heterocycles. The molecule has 0 saturated carbocycles. The Balaban J connectivity index is 1.97. The maximum Gasteiger partial charge on any atom is 0.231 e. The van der Waals surface area contributed by atoms with Crippen LogP contribution in [0.5, 0.6) is 0 Å². The monoisotopic (exact) mass is 352 g/mol. The largest absolute Gasteiger partial charge is 0.341 e. The molecule has 113 valence electrons. The van der Waals surface area contributed by atoms with Crippen molar-refractivity contribution in [2.24, 2.45) is 0 Å². The zero-order valence-electron chi connectivity index (χ0n) is 11.4. The second-order valence-corrected chi connectivity index (χ2v) is 6.17.